The smallest absolute Gasteiger partial charge is 0.387 e. The zero-order valence-corrected chi connectivity index (χ0v) is 16.6. The molecular formula is C23H20F2N2O4. The Morgan fingerprint density at radius 1 is 0.839 bits per heavy atom. The van der Waals surface area contributed by atoms with Crippen LogP contribution in [0.2, 0.25) is 0 Å². The number of ether oxygens (including phenoxy) is 2. The number of hydrogen-bond acceptors (Lipinski definition) is 4. The van der Waals surface area contributed by atoms with Crippen molar-refractivity contribution in [2.45, 2.75) is 13.5 Å². The predicted octanol–water partition coefficient (Wildman–Crippen LogP) is 5.19. The number of halogens is 2. The zero-order chi connectivity index (χ0) is 22.2. The van der Waals surface area contributed by atoms with Crippen molar-refractivity contribution < 1.29 is 27.8 Å². The molecule has 0 saturated carbocycles. The number of benzene rings is 3. The van der Waals surface area contributed by atoms with Gasteiger partial charge in [-0.1, -0.05) is 12.1 Å². The first-order valence-electron chi connectivity index (χ1n) is 9.45. The molecule has 2 amide bonds. The van der Waals surface area contributed by atoms with Gasteiger partial charge in [-0.3, -0.25) is 9.59 Å². The van der Waals surface area contributed by atoms with Crippen molar-refractivity contribution in [2.75, 3.05) is 17.2 Å². The molecule has 31 heavy (non-hydrogen) atoms. The molecule has 3 aromatic carbocycles. The lowest BCUT2D eigenvalue weighted by Gasteiger charge is -2.11. The molecule has 0 aliphatic carbocycles. The average Bonchev–Trinajstić information content (AvgIpc) is 2.75. The number of anilines is 2. The number of carbonyl (C=O) groups is 2. The summed E-state index contributed by atoms with van der Waals surface area (Å²) >= 11 is 0. The molecule has 0 aliphatic heterocycles. The number of carbonyl (C=O) groups excluding carboxylic acids is 2. The first-order chi connectivity index (χ1) is 15.0. The fraction of sp³-hybridized carbons (Fsp3) is 0.130. The van der Waals surface area contributed by atoms with Crippen molar-refractivity contribution >= 4 is 23.2 Å². The van der Waals surface area contributed by atoms with E-state index in [9.17, 15) is 18.4 Å². The molecule has 2 N–H and O–H groups in total. The number of amides is 2. The lowest BCUT2D eigenvalue weighted by Crippen LogP contribution is -2.15. The molecule has 0 saturated heterocycles. The lowest BCUT2D eigenvalue weighted by atomic mass is 10.1. The van der Waals surface area contributed by atoms with Gasteiger partial charge in [0.2, 0.25) is 0 Å². The van der Waals surface area contributed by atoms with Crippen molar-refractivity contribution in [3.8, 4) is 11.5 Å². The van der Waals surface area contributed by atoms with Gasteiger partial charge in [0.15, 0.2) is 0 Å². The van der Waals surface area contributed by atoms with Crippen LogP contribution >= 0.6 is 0 Å². The Kier molecular flexibility index (Phi) is 7.16. The minimum absolute atomic E-state index is 0.0277. The number of alkyl halides is 2. The summed E-state index contributed by atoms with van der Waals surface area (Å²) < 4.78 is 34.8. The molecule has 160 valence electrons. The van der Waals surface area contributed by atoms with Crippen LogP contribution in [0, 0.1) is 0 Å². The quantitative estimate of drug-likeness (QED) is 0.520. The van der Waals surface area contributed by atoms with E-state index in [-0.39, 0.29) is 17.2 Å². The number of hydrogen-bond donors (Lipinski definition) is 2. The summed E-state index contributed by atoms with van der Waals surface area (Å²) in [5.41, 5.74) is 1.37. The van der Waals surface area contributed by atoms with Crippen LogP contribution in [0.3, 0.4) is 0 Å². The summed E-state index contributed by atoms with van der Waals surface area (Å²) in [5, 5.41) is 5.37. The van der Waals surface area contributed by atoms with Crippen molar-refractivity contribution in [2.24, 2.45) is 0 Å². The molecule has 0 spiro atoms. The highest BCUT2D eigenvalue weighted by Gasteiger charge is 2.15. The SMILES string of the molecule is CCOc1ccc(NC(=O)c2ccc(NC(=O)c3ccccc3OC(F)F)cc2)cc1. The minimum atomic E-state index is -3.04. The van der Waals surface area contributed by atoms with E-state index in [4.69, 9.17) is 4.74 Å². The van der Waals surface area contributed by atoms with Crippen molar-refractivity contribution in [1.29, 1.82) is 0 Å². The Morgan fingerprint density at radius 2 is 1.42 bits per heavy atom. The molecule has 8 heteroatoms. The molecule has 3 rings (SSSR count). The maximum atomic E-state index is 12.5. The molecular weight excluding hydrogens is 406 g/mol. The van der Waals surface area contributed by atoms with E-state index >= 15 is 0 Å². The molecule has 0 unspecified atom stereocenters. The van der Waals surface area contributed by atoms with Gasteiger partial charge in [0.1, 0.15) is 11.5 Å². The Bertz CT molecular complexity index is 1040. The fourth-order valence-corrected chi connectivity index (χ4v) is 2.76. The van der Waals surface area contributed by atoms with Crippen LogP contribution in [0.4, 0.5) is 20.2 Å². The van der Waals surface area contributed by atoms with Crippen molar-refractivity contribution in [3.05, 3.63) is 83.9 Å². The maximum absolute atomic E-state index is 12.5. The third-order valence-corrected chi connectivity index (χ3v) is 4.18. The molecule has 0 atom stereocenters. The topological polar surface area (TPSA) is 76.7 Å². The minimum Gasteiger partial charge on any atom is -0.494 e. The second-order valence-corrected chi connectivity index (χ2v) is 6.32. The third-order valence-electron chi connectivity index (χ3n) is 4.18. The first kappa shape index (κ1) is 21.8. The van der Waals surface area contributed by atoms with E-state index in [0.717, 1.165) is 0 Å². The second kappa shape index (κ2) is 10.2. The normalized spacial score (nSPS) is 10.5. The number of para-hydroxylation sites is 1. The lowest BCUT2D eigenvalue weighted by molar-refractivity contribution is -0.0501. The van der Waals surface area contributed by atoms with E-state index in [2.05, 4.69) is 15.4 Å². The summed E-state index contributed by atoms with van der Waals surface area (Å²) in [7, 11) is 0. The Morgan fingerprint density at radius 3 is 2.03 bits per heavy atom. The number of nitrogens with one attached hydrogen (secondary N) is 2. The van der Waals surface area contributed by atoms with Gasteiger partial charge >= 0.3 is 6.61 Å². The molecule has 0 aromatic heterocycles. The van der Waals surface area contributed by atoms with Gasteiger partial charge in [-0.05, 0) is 67.6 Å². The van der Waals surface area contributed by atoms with Gasteiger partial charge in [-0.15, -0.1) is 0 Å². The third kappa shape index (κ3) is 6.02. The molecule has 0 radical (unpaired) electrons. The molecule has 3 aromatic rings. The van der Waals surface area contributed by atoms with Crippen LogP contribution in [0.15, 0.2) is 72.8 Å². The van der Waals surface area contributed by atoms with Crippen molar-refractivity contribution in [3.63, 3.8) is 0 Å². The van der Waals surface area contributed by atoms with Crippen LogP contribution in [0.1, 0.15) is 27.6 Å². The summed E-state index contributed by atoms with van der Waals surface area (Å²) in [6.45, 7) is -0.598. The first-order valence-corrected chi connectivity index (χ1v) is 9.45. The zero-order valence-electron chi connectivity index (χ0n) is 16.6. The van der Waals surface area contributed by atoms with Gasteiger partial charge in [-0.2, -0.15) is 8.78 Å². The Hall–Kier alpha value is -3.94. The van der Waals surface area contributed by atoms with E-state index in [0.29, 0.717) is 29.3 Å². The van der Waals surface area contributed by atoms with Crippen LogP contribution < -0.4 is 20.1 Å². The highest BCUT2D eigenvalue weighted by atomic mass is 19.3. The molecule has 6 nitrogen and oxygen atoms in total. The largest absolute Gasteiger partial charge is 0.494 e. The second-order valence-electron chi connectivity index (χ2n) is 6.32. The maximum Gasteiger partial charge on any atom is 0.387 e. The van der Waals surface area contributed by atoms with Crippen LogP contribution in [0.25, 0.3) is 0 Å². The number of rotatable bonds is 8. The van der Waals surface area contributed by atoms with E-state index < -0.39 is 12.5 Å². The summed E-state index contributed by atoms with van der Waals surface area (Å²) in [6, 6.07) is 18.9. The predicted molar refractivity (Wildman–Crippen MR) is 113 cm³/mol. The van der Waals surface area contributed by atoms with E-state index in [1.807, 2.05) is 6.92 Å². The van der Waals surface area contributed by atoms with E-state index in [1.54, 1.807) is 54.6 Å². The summed E-state index contributed by atoms with van der Waals surface area (Å²) in [4.78, 5) is 24.8. The monoisotopic (exact) mass is 426 g/mol. The van der Waals surface area contributed by atoms with Gasteiger partial charge in [0, 0.05) is 16.9 Å². The molecule has 0 fully saturated rings. The van der Waals surface area contributed by atoms with Crippen LogP contribution in [0.5, 0.6) is 11.5 Å². The van der Waals surface area contributed by atoms with E-state index in [1.165, 1.54) is 18.2 Å². The highest BCUT2D eigenvalue weighted by molar-refractivity contribution is 6.07. The van der Waals surface area contributed by atoms with Gasteiger partial charge < -0.3 is 20.1 Å². The van der Waals surface area contributed by atoms with Gasteiger partial charge in [-0.25, -0.2) is 0 Å². The molecule has 0 bridgehead atoms. The van der Waals surface area contributed by atoms with Gasteiger partial charge in [0.25, 0.3) is 11.8 Å². The molecule has 0 aliphatic rings. The van der Waals surface area contributed by atoms with Crippen molar-refractivity contribution in [1.82, 2.24) is 0 Å². The Balaban J connectivity index is 1.63. The Labute approximate surface area is 177 Å². The molecule has 0 heterocycles. The standard InChI is InChI=1S/C23H20F2N2O4/c1-2-30-18-13-11-17(12-14-18)26-21(28)15-7-9-16(10-8-15)27-22(29)19-5-3-4-6-20(19)31-23(24)25/h3-14,23H,2H2,1H3,(H,26,28)(H,27,29). The fourth-order valence-electron chi connectivity index (χ4n) is 2.76. The van der Waals surface area contributed by atoms with Gasteiger partial charge in [0.05, 0.1) is 12.2 Å². The van der Waals surface area contributed by atoms with Crippen LogP contribution in [-0.2, 0) is 0 Å². The average molecular weight is 426 g/mol. The highest BCUT2D eigenvalue weighted by Crippen LogP contribution is 2.22. The van der Waals surface area contributed by atoms with Crippen LogP contribution in [-0.4, -0.2) is 25.0 Å². The summed E-state index contributed by atoms with van der Waals surface area (Å²) in [5.74, 6) is -0.442. The summed E-state index contributed by atoms with van der Waals surface area (Å²) in [6.07, 6.45) is 0.